The molecule has 142 valence electrons. The minimum atomic E-state index is -4.55. The number of thiophene rings is 1. The Morgan fingerprint density at radius 3 is 2.50 bits per heavy atom. The lowest BCUT2D eigenvalue weighted by atomic mass is 10.1. The average molecular weight is 408 g/mol. The summed E-state index contributed by atoms with van der Waals surface area (Å²) in [5, 5.41) is 4.11. The first-order chi connectivity index (χ1) is 11.7. The molecule has 3 N–H and O–H groups in total. The Morgan fingerprint density at radius 1 is 1.27 bits per heavy atom. The highest BCUT2D eigenvalue weighted by Crippen LogP contribution is 2.32. The van der Waals surface area contributed by atoms with E-state index in [2.05, 4.69) is 5.32 Å². The molecule has 0 spiro atoms. The lowest BCUT2D eigenvalue weighted by molar-refractivity contribution is -0.137. The summed E-state index contributed by atoms with van der Waals surface area (Å²) in [6.07, 6.45) is -4.55. The molecule has 0 radical (unpaired) electrons. The van der Waals surface area contributed by atoms with Crippen molar-refractivity contribution in [2.75, 3.05) is 18.9 Å². The van der Waals surface area contributed by atoms with E-state index in [0.29, 0.717) is 4.88 Å². The molecule has 2 rings (SSSR count). The normalized spacial score (nSPS) is 10.8. The maximum atomic E-state index is 12.9. The zero-order valence-corrected chi connectivity index (χ0v) is 15.3. The number of rotatable bonds is 5. The fraction of sp³-hybridized carbons (Fsp3) is 0.250. The van der Waals surface area contributed by atoms with Gasteiger partial charge in [-0.2, -0.15) is 13.2 Å². The van der Waals surface area contributed by atoms with Crippen LogP contribution < -0.4 is 11.1 Å². The van der Waals surface area contributed by atoms with Crippen LogP contribution in [-0.4, -0.2) is 30.3 Å². The van der Waals surface area contributed by atoms with E-state index in [9.17, 15) is 22.8 Å². The monoisotopic (exact) mass is 407 g/mol. The number of nitrogens with two attached hydrogens (primary N) is 1. The van der Waals surface area contributed by atoms with Crippen molar-refractivity contribution in [3.8, 4) is 0 Å². The standard InChI is InChI=1S/C16H16F3N3O2S.ClH/c1-22(15(24)13-3-2-4-25-13)9-14(23)21-12-6-10(8-20)5-11(7-12)16(17,18)19;/h2-7H,8-9,20H2,1H3,(H,21,23);1H. The molecule has 1 aromatic carbocycles. The van der Waals surface area contributed by atoms with E-state index < -0.39 is 17.6 Å². The van der Waals surface area contributed by atoms with Crippen molar-refractivity contribution < 1.29 is 22.8 Å². The molecule has 1 aromatic heterocycles. The summed E-state index contributed by atoms with van der Waals surface area (Å²) in [6.45, 7) is -0.380. The predicted octanol–water partition coefficient (Wildman–Crippen LogP) is 3.36. The van der Waals surface area contributed by atoms with Gasteiger partial charge in [-0.1, -0.05) is 6.07 Å². The molecule has 0 aliphatic rings. The average Bonchev–Trinajstić information content (AvgIpc) is 3.07. The Morgan fingerprint density at radius 2 is 1.96 bits per heavy atom. The second kappa shape index (κ2) is 9.02. The van der Waals surface area contributed by atoms with Crippen molar-refractivity contribution in [1.29, 1.82) is 0 Å². The van der Waals surface area contributed by atoms with Gasteiger partial charge in [-0.25, -0.2) is 0 Å². The largest absolute Gasteiger partial charge is 0.416 e. The van der Waals surface area contributed by atoms with Crippen LogP contribution in [0.3, 0.4) is 0 Å². The molecule has 0 atom stereocenters. The van der Waals surface area contributed by atoms with Gasteiger partial charge in [0.1, 0.15) is 0 Å². The Hall–Kier alpha value is -2.10. The number of hydrogen-bond donors (Lipinski definition) is 2. The molecule has 2 aromatic rings. The third kappa shape index (κ3) is 5.72. The van der Waals surface area contributed by atoms with Crippen LogP contribution >= 0.6 is 23.7 Å². The summed E-state index contributed by atoms with van der Waals surface area (Å²) in [4.78, 5) is 25.8. The summed E-state index contributed by atoms with van der Waals surface area (Å²) in [7, 11) is 1.44. The summed E-state index contributed by atoms with van der Waals surface area (Å²) < 4.78 is 38.7. The Kier molecular flexibility index (Phi) is 7.61. The summed E-state index contributed by atoms with van der Waals surface area (Å²) in [5.41, 5.74) is 4.74. The Bertz CT molecular complexity index is 767. The molecule has 0 saturated heterocycles. The number of carbonyl (C=O) groups excluding carboxylic acids is 2. The van der Waals surface area contributed by atoms with Crippen molar-refractivity contribution in [3.05, 3.63) is 51.7 Å². The fourth-order valence-electron chi connectivity index (χ4n) is 2.12. The van der Waals surface area contributed by atoms with Crippen molar-refractivity contribution in [2.24, 2.45) is 5.73 Å². The maximum absolute atomic E-state index is 12.9. The van der Waals surface area contributed by atoms with Gasteiger partial charge in [-0.3, -0.25) is 9.59 Å². The molecule has 26 heavy (non-hydrogen) atoms. The van der Waals surface area contributed by atoms with E-state index in [1.165, 1.54) is 29.4 Å². The summed E-state index contributed by atoms with van der Waals surface area (Å²) in [6, 6.07) is 6.47. The molecule has 0 aliphatic carbocycles. The topological polar surface area (TPSA) is 75.4 Å². The molecular formula is C16H17ClF3N3O2S. The highest BCUT2D eigenvalue weighted by Gasteiger charge is 2.31. The van der Waals surface area contributed by atoms with Crippen LogP contribution in [0.4, 0.5) is 18.9 Å². The fourth-order valence-corrected chi connectivity index (χ4v) is 2.84. The van der Waals surface area contributed by atoms with Crippen molar-refractivity contribution in [1.82, 2.24) is 4.90 Å². The lowest BCUT2D eigenvalue weighted by Gasteiger charge is -2.17. The van der Waals surface area contributed by atoms with E-state index in [4.69, 9.17) is 5.73 Å². The number of benzene rings is 1. The van der Waals surface area contributed by atoms with Crippen LogP contribution in [-0.2, 0) is 17.5 Å². The van der Waals surface area contributed by atoms with Crippen LogP contribution in [0.15, 0.2) is 35.7 Å². The van der Waals surface area contributed by atoms with Crippen LogP contribution in [0.1, 0.15) is 20.8 Å². The minimum Gasteiger partial charge on any atom is -0.332 e. The highest BCUT2D eigenvalue weighted by molar-refractivity contribution is 7.12. The van der Waals surface area contributed by atoms with Crippen LogP contribution in [0.5, 0.6) is 0 Å². The molecule has 0 fully saturated rings. The van der Waals surface area contributed by atoms with Gasteiger partial charge in [0.2, 0.25) is 5.91 Å². The van der Waals surface area contributed by atoms with Gasteiger partial charge < -0.3 is 16.0 Å². The molecule has 0 bridgehead atoms. The summed E-state index contributed by atoms with van der Waals surface area (Å²) in [5.74, 6) is -0.938. The van der Waals surface area contributed by atoms with Crippen LogP contribution in [0, 0.1) is 0 Å². The summed E-state index contributed by atoms with van der Waals surface area (Å²) >= 11 is 1.24. The highest BCUT2D eigenvalue weighted by atomic mass is 35.5. The quantitative estimate of drug-likeness (QED) is 0.798. The number of hydrogen-bond acceptors (Lipinski definition) is 4. The first kappa shape index (κ1) is 21.9. The van der Waals surface area contributed by atoms with E-state index in [1.807, 2.05) is 0 Å². The zero-order chi connectivity index (χ0) is 18.6. The van der Waals surface area contributed by atoms with Gasteiger partial charge >= 0.3 is 6.18 Å². The molecule has 0 aliphatic heterocycles. The van der Waals surface area contributed by atoms with Gasteiger partial charge in [-0.05, 0) is 35.2 Å². The number of nitrogens with one attached hydrogen (secondary N) is 1. The van der Waals surface area contributed by atoms with Gasteiger partial charge in [0.15, 0.2) is 0 Å². The van der Waals surface area contributed by atoms with Crippen molar-refractivity contribution in [2.45, 2.75) is 12.7 Å². The second-order valence-electron chi connectivity index (χ2n) is 5.31. The number of nitrogens with zero attached hydrogens (tertiary/aromatic N) is 1. The van der Waals surface area contributed by atoms with Crippen molar-refractivity contribution >= 4 is 41.2 Å². The van der Waals surface area contributed by atoms with E-state index in [1.54, 1.807) is 17.5 Å². The maximum Gasteiger partial charge on any atom is 0.416 e. The smallest absolute Gasteiger partial charge is 0.332 e. The van der Waals surface area contributed by atoms with Gasteiger partial charge in [0.25, 0.3) is 5.91 Å². The predicted molar refractivity (Wildman–Crippen MR) is 96.5 cm³/mol. The third-order valence-corrected chi connectivity index (χ3v) is 4.16. The van der Waals surface area contributed by atoms with E-state index in [0.717, 1.165) is 12.1 Å². The SMILES string of the molecule is CN(CC(=O)Nc1cc(CN)cc(C(F)(F)F)c1)C(=O)c1cccs1.Cl. The zero-order valence-electron chi connectivity index (χ0n) is 13.7. The first-order valence-electron chi connectivity index (χ1n) is 7.20. The third-order valence-electron chi connectivity index (χ3n) is 3.30. The number of carbonyl (C=O) groups is 2. The number of likely N-dealkylation sites (N-methyl/N-ethyl adjacent to an activating group) is 1. The van der Waals surface area contributed by atoms with Crippen molar-refractivity contribution in [3.63, 3.8) is 0 Å². The number of alkyl halides is 3. The number of halogens is 4. The first-order valence-corrected chi connectivity index (χ1v) is 8.08. The van der Waals surface area contributed by atoms with Crippen LogP contribution in [0.25, 0.3) is 0 Å². The molecule has 1 heterocycles. The van der Waals surface area contributed by atoms with Gasteiger partial charge in [-0.15, -0.1) is 23.7 Å². The molecule has 2 amide bonds. The Labute approximate surface area is 158 Å². The number of anilines is 1. The number of amides is 2. The van der Waals surface area contributed by atoms with E-state index >= 15 is 0 Å². The molecule has 0 saturated carbocycles. The molecule has 10 heteroatoms. The van der Waals surface area contributed by atoms with Gasteiger partial charge in [0, 0.05) is 19.3 Å². The molecule has 0 unspecified atom stereocenters. The minimum absolute atomic E-state index is 0. The molecule has 5 nitrogen and oxygen atoms in total. The van der Waals surface area contributed by atoms with Crippen LogP contribution in [0.2, 0.25) is 0 Å². The molecular weight excluding hydrogens is 391 g/mol. The van der Waals surface area contributed by atoms with Gasteiger partial charge in [0.05, 0.1) is 17.0 Å². The van der Waals surface area contributed by atoms with E-state index in [-0.39, 0.29) is 42.7 Å². The lowest BCUT2D eigenvalue weighted by Crippen LogP contribution is -2.34. The Balaban J connectivity index is 0.00000338. The second-order valence-corrected chi connectivity index (χ2v) is 6.25.